The molecular weight excluding hydrogens is 414 g/mol. The Balaban J connectivity index is 1.78. The molecule has 2 amide bonds. The van der Waals surface area contributed by atoms with E-state index in [9.17, 15) is 9.59 Å². The van der Waals surface area contributed by atoms with E-state index < -0.39 is 5.91 Å². The van der Waals surface area contributed by atoms with Gasteiger partial charge in [-0.3, -0.25) is 19.5 Å². The van der Waals surface area contributed by atoms with Gasteiger partial charge in [-0.15, -0.1) is 0 Å². The predicted octanol–water partition coefficient (Wildman–Crippen LogP) is 4.44. The van der Waals surface area contributed by atoms with Crippen LogP contribution >= 0.6 is 11.6 Å². The Kier molecular flexibility index (Phi) is 5.73. The number of hydrogen-bond donors (Lipinski definition) is 1. The summed E-state index contributed by atoms with van der Waals surface area (Å²) >= 11 is 6.15. The number of carbonyl (C=O) groups excluding carboxylic acids is 2. The number of pyridine rings is 1. The van der Waals surface area contributed by atoms with Gasteiger partial charge in [-0.2, -0.15) is 0 Å². The molecule has 0 bridgehead atoms. The Morgan fingerprint density at radius 3 is 2.48 bits per heavy atom. The molecule has 1 aromatic heterocycles. The monoisotopic (exact) mass is 433 g/mol. The van der Waals surface area contributed by atoms with Crippen molar-refractivity contribution >= 4 is 34.7 Å². The van der Waals surface area contributed by atoms with Gasteiger partial charge in [0.15, 0.2) is 0 Å². The van der Waals surface area contributed by atoms with E-state index >= 15 is 0 Å². The molecule has 156 valence electrons. The van der Waals surface area contributed by atoms with Gasteiger partial charge < -0.3 is 10.1 Å². The summed E-state index contributed by atoms with van der Waals surface area (Å²) in [6, 6.07) is 17.9. The average Bonchev–Trinajstić information content (AvgIpc) is 3.00. The van der Waals surface area contributed by atoms with Crippen molar-refractivity contribution in [1.29, 1.82) is 0 Å². The topological polar surface area (TPSA) is 71.5 Å². The number of benzene rings is 2. The number of rotatable bonds is 6. The minimum absolute atomic E-state index is 0.0751. The summed E-state index contributed by atoms with van der Waals surface area (Å²) in [6.07, 6.45) is 1.63. The van der Waals surface area contributed by atoms with Crippen molar-refractivity contribution in [3.63, 3.8) is 0 Å². The van der Waals surface area contributed by atoms with Crippen LogP contribution in [0.25, 0.3) is 5.57 Å². The number of carbonyl (C=O) groups is 2. The van der Waals surface area contributed by atoms with Crippen molar-refractivity contribution in [1.82, 2.24) is 9.88 Å². The fraction of sp³-hybridized carbons (Fsp3) is 0.125. The maximum absolute atomic E-state index is 13.3. The molecule has 7 heteroatoms. The van der Waals surface area contributed by atoms with E-state index in [1.807, 2.05) is 37.3 Å². The third-order valence-corrected chi connectivity index (χ3v) is 5.21. The van der Waals surface area contributed by atoms with Crippen LogP contribution in [0.5, 0.6) is 5.75 Å². The molecule has 0 fully saturated rings. The van der Waals surface area contributed by atoms with Gasteiger partial charge in [-0.05, 0) is 42.8 Å². The number of amides is 2. The van der Waals surface area contributed by atoms with Crippen molar-refractivity contribution in [2.45, 2.75) is 13.5 Å². The number of ether oxygens (including phenoxy) is 1. The van der Waals surface area contributed by atoms with Gasteiger partial charge in [-0.1, -0.05) is 47.5 Å². The van der Waals surface area contributed by atoms with Gasteiger partial charge in [0, 0.05) is 11.2 Å². The molecule has 6 nitrogen and oxygen atoms in total. The Hall–Kier alpha value is -3.64. The zero-order valence-electron chi connectivity index (χ0n) is 17.1. The number of anilines is 1. The van der Waals surface area contributed by atoms with E-state index in [-0.39, 0.29) is 18.1 Å². The normalized spacial score (nSPS) is 13.7. The molecule has 0 aliphatic carbocycles. The quantitative estimate of drug-likeness (QED) is 0.582. The first kappa shape index (κ1) is 20.6. The minimum Gasteiger partial charge on any atom is -0.495 e. The Labute approximate surface area is 185 Å². The maximum Gasteiger partial charge on any atom is 0.278 e. The summed E-state index contributed by atoms with van der Waals surface area (Å²) in [5.74, 6) is -0.320. The van der Waals surface area contributed by atoms with Crippen LogP contribution in [0.3, 0.4) is 0 Å². The lowest BCUT2D eigenvalue weighted by Gasteiger charge is -2.15. The number of halogens is 1. The molecule has 2 aromatic carbocycles. The second-order valence-corrected chi connectivity index (χ2v) is 7.54. The van der Waals surface area contributed by atoms with Crippen LogP contribution in [0, 0.1) is 6.92 Å². The molecule has 1 aliphatic rings. The van der Waals surface area contributed by atoms with Crippen LogP contribution in [-0.2, 0) is 16.1 Å². The SMILES string of the molecule is COc1ccc(Cl)cc1NC1=C(c2ccc(C)cc2)C(=O)N(Cc2ccccn2)C1=O. The van der Waals surface area contributed by atoms with Crippen molar-refractivity contribution in [2.24, 2.45) is 0 Å². The zero-order chi connectivity index (χ0) is 22.0. The van der Waals surface area contributed by atoms with Gasteiger partial charge in [0.1, 0.15) is 11.4 Å². The number of imide groups is 1. The lowest BCUT2D eigenvalue weighted by atomic mass is 10.0. The first-order valence-electron chi connectivity index (χ1n) is 9.66. The fourth-order valence-corrected chi connectivity index (χ4v) is 3.56. The lowest BCUT2D eigenvalue weighted by molar-refractivity contribution is -0.137. The molecule has 2 heterocycles. The average molecular weight is 434 g/mol. The van der Waals surface area contributed by atoms with E-state index in [1.165, 1.54) is 12.0 Å². The van der Waals surface area contributed by atoms with E-state index in [4.69, 9.17) is 16.3 Å². The minimum atomic E-state index is -0.437. The van der Waals surface area contributed by atoms with Crippen molar-refractivity contribution in [3.05, 3.63) is 94.4 Å². The number of methoxy groups -OCH3 is 1. The van der Waals surface area contributed by atoms with E-state index in [2.05, 4.69) is 10.3 Å². The summed E-state index contributed by atoms with van der Waals surface area (Å²) in [5, 5.41) is 3.57. The third-order valence-electron chi connectivity index (χ3n) is 4.98. The van der Waals surface area contributed by atoms with Crippen molar-refractivity contribution < 1.29 is 14.3 Å². The summed E-state index contributed by atoms with van der Waals surface area (Å²) in [6.45, 7) is 2.04. The van der Waals surface area contributed by atoms with Crippen LogP contribution in [0.2, 0.25) is 5.02 Å². The molecule has 4 rings (SSSR count). The highest BCUT2D eigenvalue weighted by atomic mass is 35.5. The van der Waals surface area contributed by atoms with Gasteiger partial charge in [-0.25, -0.2) is 0 Å². The highest BCUT2D eigenvalue weighted by Crippen LogP contribution is 2.35. The standard InChI is InChI=1S/C24H20ClN3O3/c1-15-6-8-16(9-7-15)21-22(27-19-13-17(25)10-11-20(19)31-2)24(30)28(23(21)29)14-18-5-3-4-12-26-18/h3-13,27H,14H2,1-2H3. The second-order valence-electron chi connectivity index (χ2n) is 7.10. The fourth-order valence-electron chi connectivity index (χ4n) is 3.39. The summed E-state index contributed by atoms with van der Waals surface area (Å²) in [7, 11) is 1.53. The molecule has 1 N–H and O–H groups in total. The zero-order valence-corrected chi connectivity index (χ0v) is 17.8. The molecular formula is C24H20ClN3O3. The smallest absolute Gasteiger partial charge is 0.278 e. The number of nitrogens with one attached hydrogen (secondary N) is 1. The summed E-state index contributed by atoms with van der Waals surface area (Å²) in [5.41, 5.74) is 3.28. The number of aromatic nitrogens is 1. The van der Waals surface area contributed by atoms with Gasteiger partial charge >= 0.3 is 0 Å². The molecule has 0 atom stereocenters. The Morgan fingerprint density at radius 1 is 1.03 bits per heavy atom. The molecule has 0 spiro atoms. The first-order valence-corrected chi connectivity index (χ1v) is 10.0. The van der Waals surface area contributed by atoms with Crippen LogP contribution in [0.1, 0.15) is 16.8 Å². The van der Waals surface area contributed by atoms with Crippen LogP contribution in [0.15, 0.2) is 72.6 Å². The van der Waals surface area contributed by atoms with E-state index in [0.29, 0.717) is 33.3 Å². The Morgan fingerprint density at radius 2 is 1.81 bits per heavy atom. The van der Waals surface area contributed by atoms with E-state index in [1.54, 1.807) is 36.5 Å². The molecule has 0 saturated heterocycles. The van der Waals surface area contributed by atoms with Crippen LogP contribution in [-0.4, -0.2) is 28.8 Å². The molecule has 3 aromatic rings. The largest absolute Gasteiger partial charge is 0.495 e. The van der Waals surface area contributed by atoms with Crippen LogP contribution < -0.4 is 10.1 Å². The molecule has 0 radical (unpaired) electrons. The number of aryl methyl sites for hydroxylation is 1. The highest BCUT2D eigenvalue weighted by molar-refractivity contribution is 6.36. The number of hydrogen-bond acceptors (Lipinski definition) is 5. The number of nitrogens with zero attached hydrogens (tertiary/aromatic N) is 2. The van der Waals surface area contributed by atoms with Gasteiger partial charge in [0.25, 0.3) is 11.8 Å². The molecule has 1 aliphatic heterocycles. The predicted molar refractivity (Wildman–Crippen MR) is 120 cm³/mol. The van der Waals surface area contributed by atoms with Crippen LogP contribution in [0.4, 0.5) is 5.69 Å². The van der Waals surface area contributed by atoms with E-state index in [0.717, 1.165) is 5.56 Å². The maximum atomic E-state index is 13.3. The van der Waals surface area contributed by atoms with Crippen molar-refractivity contribution in [3.8, 4) is 5.75 Å². The molecule has 0 unspecified atom stereocenters. The molecule has 31 heavy (non-hydrogen) atoms. The second kappa shape index (κ2) is 8.62. The first-order chi connectivity index (χ1) is 15.0. The van der Waals surface area contributed by atoms with Gasteiger partial charge in [0.2, 0.25) is 0 Å². The lowest BCUT2D eigenvalue weighted by Crippen LogP contribution is -2.32. The highest BCUT2D eigenvalue weighted by Gasteiger charge is 2.39. The summed E-state index contributed by atoms with van der Waals surface area (Å²) in [4.78, 5) is 32.1. The molecule has 0 saturated carbocycles. The summed E-state index contributed by atoms with van der Waals surface area (Å²) < 4.78 is 5.39. The van der Waals surface area contributed by atoms with Gasteiger partial charge in [0.05, 0.1) is 30.6 Å². The van der Waals surface area contributed by atoms with Crippen molar-refractivity contribution in [2.75, 3.05) is 12.4 Å². The third kappa shape index (κ3) is 4.15. The Bertz CT molecular complexity index is 1170.